The molecule has 1 rings (SSSR count). The fraction of sp³-hybridized carbons (Fsp3) is 0.143. The molecule has 0 aliphatic rings. The van der Waals surface area contributed by atoms with Gasteiger partial charge < -0.3 is 0 Å². The number of nitrogens with two attached hydrogens (primary N) is 1. The Balaban J connectivity index is 3.08. The Hall–Kier alpha value is -1.83. The third-order valence-corrected chi connectivity index (χ3v) is 1.61. The molecule has 5 nitrogen and oxygen atoms in total. The minimum absolute atomic E-state index is 0.0231. The zero-order chi connectivity index (χ0) is 11.6. The Bertz CT molecular complexity index is 380. The van der Waals surface area contributed by atoms with E-state index in [1.54, 1.807) is 0 Å². The standard InChI is InChI=1S/C7H6F3N3O2/c8-7(9,10)5-2-1-3-6(4-5)12(11)13(14)15/h1-4H,11H2. The second kappa shape index (κ2) is 3.73. The number of nitro groups is 1. The molecule has 1 aromatic carbocycles. The molecule has 2 N–H and O–H groups in total. The number of anilines is 1. The van der Waals surface area contributed by atoms with Crippen molar-refractivity contribution in [2.24, 2.45) is 5.84 Å². The van der Waals surface area contributed by atoms with Gasteiger partial charge in [-0.1, -0.05) is 6.07 Å². The molecule has 0 fully saturated rings. The molecule has 1 aromatic rings. The van der Waals surface area contributed by atoms with Crippen LogP contribution in [0.1, 0.15) is 5.56 Å². The van der Waals surface area contributed by atoms with E-state index in [1.807, 2.05) is 0 Å². The summed E-state index contributed by atoms with van der Waals surface area (Å²) in [5, 5.41) is 9.19. The fourth-order valence-electron chi connectivity index (χ4n) is 0.919. The van der Waals surface area contributed by atoms with Crippen molar-refractivity contribution in [3.63, 3.8) is 0 Å². The van der Waals surface area contributed by atoms with Crippen molar-refractivity contribution in [2.45, 2.75) is 6.18 Å². The SMILES string of the molecule is NN(c1cccc(C(F)(F)F)c1)[N+](=O)[O-]. The molecule has 0 unspecified atom stereocenters. The van der Waals surface area contributed by atoms with Crippen LogP contribution in [-0.4, -0.2) is 5.03 Å². The van der Waals surface area contributed by atoms with E-state index in [-0.39, 0.29) is 10.8 Å². The van der Waals surface area contributed by atoms with Gasteiger partial charge in [0.1, 0.15) is 5.69 Å². The van der Waals surface area contributed by atoms with Crippen LogP contribution in [0.4, 0.5) is 18.9 Å². The van der Waals surface area contributed by atoms with Gasteiger partial charge in [-0.05, 0) is 23.3 Å². The Kier molecular flexibility index (Phi) is 2.80. The summed E-state index contributed by atoms with van der Waals surface area (Å²) < 4.78 is 36.6. The smallest absolute Gasteiger partial charge is 0.233 e. The first-order valence-electron chi connectivity index (χ1n) is 3.69. The van der Waals surface area contributed by atoms with Crippen LogP contribution < -0.4 is 11.0 Å². The topological polar surface area (TPSA) is 72.4 Å². The number of benzene rings is 1. The zero-order valence-corrected chi connectivity index (χ0v) is 7.23. The Morgan fingerprint density at radius 2 is 2.00 bits per heavy atom. The summed E-state index contributed by atoms with van der Waals surface area (Å²) in [5.41, 5.74) is -1.33. The van der Waals surface area contributed by atoms with Crippen molar-refractivity contribution >= 4 is 5.69 Å². The van der Waals surface area contributed by atoms with E-state index >= 15 is 0 Å². The van der Waals surface area contributed by atoms with Gasteiger partial charge in [0.05, 0.1) is 5.56 Å². The van der Waals surface area contributed by atoms with Crippen LogP contribution in [0.15, 0.2) is 24.3 Å². The third-order valence-electron chi connectivity index (χ3n) is 1.61. The summed E-state index contributed by atoms with van der Waals surface area (Å²) in [5.74, 6) is 4.92. The lowest BCUT2D eigenvalue weighted by Gasteiger charge is -2.10. The van der Waals surface area contributed by atoms with Gasteiger partial charge in [0.15, 0.2) is 5.03 Å². The number of alkyl halides is 3. The number of nitrogens with zero attached hydrogens (tertiary/aromatic N) is 2. The summed E-state index contributed by atoms with van der Waals surface area (Å²) in [6.07, 6.45) is -4.55. The van der Waals surface area contributed by atoms with Gasteiger partial charge in [-0.2, -0.15) is 19.0 Å². The molecule has 0 aliphatic heterocycles. The lowest BCUT2D eigenvalue weighted by atomic mass is 10.2. The molecule has 0 bridgehead atoms. The molecule has 0 amide bonds. The van der Waals surface area contributed by atoms with E-state index in [0.29, 0.717) is 6.07 Å². The molecule has 0 heterocycles. The average Bonchev–Trinajstić information content (AvgIpc) is 2.15. The van der Waals surface area contributed by atoms with Crippen LogP contribution in [0.25, 0.3) is 0 Å². The van der Waals surface area contributed by atoms with Crippen LogP contribution in [0.2, 0.25) is 0 Å². The monoisotopic (exact) mass is 221 g/mol. The van der Waals surface area contributed by atoms with E-state index in [9.17, 15) is 23.3 Å². The lowest BCUT2D eigenvalue weighted by Crippen LogP contribution is -2.36. The molecule has 82 valence electrons. The predicted octanol–water partition coefficient (Wildman–Crippen LogP) is 1.58. The summed E-state index contributed by atoms with van der Waals surface area (Å²) in [6, 6.07) is 3.56. The van der Waals surface area contributed by atoms with Crippen molar-refractivity contribution in [2.75, 3.05) is 5.12 Å². The van der Waals surface area contributed by atoms with Gasteiger partial charge in [0.2, 0.25) is 0 Å². The Labute approximate surface area is 82.0 Å². The van der Waals surface area contributed by atoms with Gasteiger partial charge >= 0.3 is 6.18 Å². The van der Waals surface area contributed by atoms with Crippen LogP contribution in [0, 0.1) is 10.1 Å². The molecule has 15 heavy (non-hydrogen) atoms. The zero-order valence-electron chi connectivity index (χ0n) is 7.23. The van der Waals surface area contributed by atoms with Crippen LogP contribution in [0.5, 0.6) is 0 Å². The molecule has 0 saturated heterocycles. The molecule has 0 aliphatic carbocycles. The Morgan fingerprint density at radius 1 is 1.40 bits per heavy atom. The maximum Gasteiger partial charge on any atom is 0.416 e. The number of hydrazine groups is 2. The van der Waals surface area contributed by atoms with Crippen LogP contribution in [-0.2, 0) is 6.18 Å². The number of rotatable bonds is 2. The molecule has 0 saturated carbocycles. The largest absolute Gasteiger partial charge is 0.416 e. The summed E-state index contributed by atoms with van der Waals surface area (Å²) in [4.78, 5) is 10.2. The highest BCUT2D eigenvalue weighted by molar-refractivity contribution is 5.45. The van der Waals surface area contributed by atoms with Gasteiger partial charge in [-0.15, -0.1) is 0 Å². The van der Waals surface area contributed by atoms with Crippen molar-refractivity contribution in [1.29, 1.82) is 0 Å². The van der Waals surface area contributed by atoms with Crippen LogP contribution in [0.3, 0.4) is 0 Å². The maximum absolute atomic E-state index is 12.2. The summed E-state index contributed by atoms with van der Waals surface area (Å²) in [7, 11) is 0. The van der Waals surface area contributed by atoms with E-state index < -0.39 is 16.8 Å². The van der Waals surface area contributed by atoms with Gasteiger partial charge in [-0.3, -0.25) is 0 Å². The van der Waals surface area contributed by atoms with Gasteiger partial charge in [-0.25, -0.2) is 10.1 Å². The second-order valence-corrected chi connectivity index (χ2v) is 2.63. The molecule has 0 spiro atoms. The molecule has 8 heteroatoms. The van der Waals surface area contributed by atoms with Crippen molar-refractivity contribution < 1.29 is 18.2 Å². The summed E-state index contributed by atoms with van der Waals surface area (Å²) >= 11 is 0. The van der Waals surface area contributed by atoms with Crippen molar-refractivity contribution in [3.05, 3.63) is 39.9 Å². The minimum Gasteiger partial charge on any atom is -0.233 e. The highest BCUT2D eigenvalue weighted by atomic mass is 19.4. The van der Waals surface area contributed by atoms with E-state index in [4.69, 9.17) is 5.84 Å². The number of halogens is 3. The first-order chi connectivity index (χ1) is 6.82. The number of hydrogen-bond donors (Lipinski definition) is 1. The first-order valence-corrected chi connectivity index (χ1v) is 3.69. The third kappa shape index (κ3) is 2.56. The number of hydrogen-bond acceptors (Lipinski definition) is 3. The van der Waals surface area contributed by atoms with E-state index in [0.717, 1.165) is 18.2 Å². The van der Waals surface area contributed by atoms with Gasteiger partial charge in [0.25, 0.3) is 0 Å². The predicted molar refractivity (Wildman–Crippen MR) is 45.1 cm³/mol. The molecule has 0 aromatic heterocycles. The first kappa shape index (κ1) is 11.2. The highest BCUT2D eigenvalue weighted by Gasteiger charge is 2.31. The molecule has 0 radical (unpaired) electrons. The average molecular weight is 221 g/mol. The molecular formula is C7H6F3N3O2. The fourth-order valence-corrected chi connectivity index (χ4v) is 0.919. The lowest BCUT2D eigenvalue weighted by molar-refractivity contribution is -0.496. The van der Waals surface area contributed by atoms with Crippen LogP contribution >= 0.6 is 0 Å². The normalized spacial score (nSPS) is 11.2. The minimum atomic E-state index is -4.55. The Morgan fingerprint density at radius 3 is 2.47 bits per heavy atom. The summed E-state index contributed by atoms with van der Waals surface area (Å²) in [6.45, 7) is 0. The van der Waals surface area contributed by atoms with Crippen molar-refractivity contribution in [1.82, 2.24) is 0 Å². The van der Waals surface area contributed by atoms with E-state index in [2.05, 4.69) is 0 Å². The maximum atomic E-state index is 12.2. The molecule has 0 atom stereocenters. The molecular weight excluding hydrogens is 215 g/mol. The van der Waals surface area contributed by atoms with E-state index in [1.165, 1.54) is 0 Å². The second-order valence-electron chi connectivity index (χ2n) is 2.63. The quantitative estimate of drug-likeness (QED) is 0.467. The highest BCUT2D eigenvalue weighted by Crippen LogP contribution is 2.31. The van der Waals surface area contributed by atoms with Gasteiger partial charge in [0, 0.05) is 0 Å². The van der Waals surface area contributed by atoms with Crippen molar-refractivity contribution in [3.8, 4) is 0 Å².